The molecule has 0 unspecified atom stereocenters. The van der Waals surface area contributed by atoms with E-state index in [4.69, 9.17) is 4.98 Å². The van der Waals surface area contributed by atoms with E-state index in [2.05, 4.69) is 21.7 Å². The number of carboxylic acid groups (broad SMARTS) is 1. The molecule has 0 saturated carbocycles. The minimum Gasteiger partial charge on any atom is -0.478 e. The number of fused-ring (bicyclic) bond motifs is 1. The van der Waals surface area contributed by atoms with Gasteiger partial charge in [-0.3, -0.25) is 4.79 Å². The molecule has 0 aliphatic heterocycles. The van der Waals surface area contributed by atoms with Crippen LogP contribution in [0.25, 0.3) is 33.4 Å². The molecule has 168 valence electrons. The van der Waals surface area contributed by atoms with Crippen LogP contribution in [0.15, 0.2) is 83.7 Å². The van der Waals surface area contributed by atoms with Crippen LogP contribution in [0.1, 0.15) is 28.7 Å². The van der Waals surface area contributed by atoms with E-state index in [1.54, 1.807) is 18.2 Å². The molecule has 7 nitrogen and oxygen atoms in total. The zero-order valence-electron chi connectivity index (χ0n) is 18.5. The van der Waals surface area contributed by atoms with Gasteiger partial charge < -0.3 is 9.67 Å². The van der Waals surface area contributed by atoms with Crippen LogP contribution in [0.3, 0.4) is 0 Å². The summed E-state index contributed by atoms with van der Waals surface area (Å²) >= 11 is 0. The summed E-state index contributed by atoms with van der Waals surface area (Å²) in [7, 11) is 0. The van der Waals surface area contributed by atoms with Crippen LogP contribution in [-0.2, 0) is 13.0 Å². The third-order valence-corrected chi connectivity index (χ3v) is 5.88. The van der Waals surface area contributed by atoms with Gasteiger partial charge in [-0.25, -0.2) is 14.9 Å². The van der Waals surface area contributed by atoms with Crippen LogP contribution in [0.5, 0.6) is 0 Å². The Bertz CT molecular complexity index is 1550. The van der Waals surface area contributed by atoms with Gasteiger partial charge in [-0.1, -0.05) is 55.5 Å². The first-order chi connectivity index (χ1) is 16.5. The van der Waals surface area contributed by atoms with Crippen LogP contribution in [-0.4, -0.2) is 30.8 Å². The van der Waals surface area contributed by atoms with Gasteiger partial charge in [0.1, 0.15) is 5.82 Å². The maximum Gasteiger partial charge on any atom is 0.336 e. The number of nitrogens with one attached hydrogen (secondary N) is 1. The van der Waals surface area contributed by atoms with Crippen molar-refractivity contribution in [2.75, 3.05) is 0 Å². The molecule has 0 fully saturated rings. The summed E-state index contributed by atoms with van der Waals surface area (Å²) in [5.41, 5.74) is 6.16. The molecule has 0 aliphatic rings. The normalized spacial score (nSPS) is 11.1. The molecule has 2 N–H and O–H groups in total. The van der Waals surface area contributed by atoms with Crippen molar-refractivity contribution in [3.05, 3.63) is 106 Å². The number of aromatic amines is 1. The molecule has 5 rings (SSSR count). The van der Waals surface area contributed by atoms with Crippen molar-refractivity contribution >= 4 is 17.0 Å². The summed E-state index contributed by atoms with van der Waals surface area (Å²) in [5.74, 6) is 0.0341. The van der Waals surface area contributed by atoms with E-state index < -0.39 is 5.97 Å². The van der Waals surface area contributed by atoms with Gasteiger partial charge in [-0.2, -0.15) is 5.10 Å². The van der Waals surface area contributed by atoms with Crippen LogP contribution < -0.4 is 5.56 Å². The zero-order valence-corrected chi connectivity index (χ0v) is 18.5. The summed E-state index contributed by atoms with van der Waals surface area (Å²) < 4.78 is 2.19. The number of hydrogen-bond acceptors (Lipinski definition) is 4. The number of carbonyl (C=O) groups is 1. The van der Waals surface area contributed by atoms with E-state index in [0.29, 0.717) is 17.8 Å². The lowest BCUT2D eigenvalue weighted by Crippen LogP contribution is -2.06. The Balaban J connectivity index is 1.51. The van der Waals surface area contributed by atoms with E-state index in [0.717, 1.165) is 40.0 Å². The topological polar surface area (TPSA) is 101 Å². The highest BCUT2D eigenvalue weighted by Crippen LogP contribution is 2.27. The molecule has 0 radical (unpaired) electrons. The molecule has 0 amide bonds. The second kappa shape index (κ2) is 8.78. The van der Waals surface area contributed by atoms with Crippen LogP contribution in [0, 0.1) is 0 Å². The molecule has 0 bridgehead atoms. The SMILES string of the molecule is CCc1nc2ccc(-c3ccc(=O)[nH]n3)cc2n1Cc1ccc(-c2ccccc2C(=O)O)cc1. The molecule has 0 atom stereocenters. The highest BCUT2D eigenvalue weighted by Gasteiger charge is 2.13. The average molecular weight is 450 g/mol. The highest BCUT2D eigenvalue weighted by atomic mass is 16.4. The number of aromatic nitrogens is 4. The van der Waals surface area contributed by atoms with Gasteiger partial charge in [0.25, 0.3) is 5.56 Å². The molecule has 0 spiro atoms. The van der Waals surface area contributed by atoms with E-state index in [1.165, 1.54) is 6.07 Å². The van der Waals surface area contributed by atoms with Crippen LogP contribution >= 0.6 is 0 Å². The first-order valence-corrected chi connectivity index (χ1v) is 11.0. The maximum absolute atomic E-state index is 11.6. The van der Waals surface area contributed by atoms with Crippen molar-refractivity contribution in [3.63, 3.8) is 0 Å². The third kappa shape index (κ3) is 3.99. The molecular formula is C27H22N4O3. The molecule has 34 heavy (non-hydrogen) atoms. The number of benzene rings is 3. The molecule has 0 aliphatic carbocycles. The molecule has 3 aromatic carbocycles. The second-order valence-corrected chi connectivity index (χ2v) is 8.03. The summed E-state index contributed by atoms with van der Waals surface area (Å²) in [4.78, 5) is 27.7. The summed E-state index contributed by atoms with van der Waals surface area (Å²) in [6.07, 6.45) is 0.783. The van der Waals surface area contributed by atoms with Crippen molar-refractivity contribution in [2.24, 2.45) is 0 Å². The number of nitrogens with zero attached hydrogens (tertiary/aromatic N) is 3. The number of H-pyrrole nitrogens is 1. The van der Waals surface area contributed by atoms with E-state index in [-0.39, 0.29) is 11.1 Å². The Hall–Kier alpha value is -4.52. The summed E-state index contributed by atoms with van der Waals surface area (Å²) in [5, 5.41) is 16.1. The highest BCUT2D eigenvalue weighted by molar-refractivity contribution is 5.96. The molecule has 7 heteroatoms. The predicted molar refractivity (Wildman–Crippen MR) is 131 cm³/mol. The minimum absolute atomic E-state index is 0.238. The lowest BCUT2D eigenvalue weighted by atomic mass is 9.99. The predicted octanol–water partition coefficient (Wildman–Crippen LogP) is 4.76. The van der Waals surface area contributed by atoms with Gasteiger partial charge in [0.2, 0.25) is 0 Å². The lowest BCUT2D eigenvalue weighted by Gasteiger charge is -2.11. The van der Waals surface area contributed by atoms with E-state index >= 15 is 0 Å². The van der Waals surface area contributed by atoms with E-state index in [9.17, 15) is 14.7 Å². The smallest absolute Gasteiger partial charge is 0.336 e. The van der Waals surface area contributed by atoms with Gasteiger partial charge in [0, 0.05) is 24.6 Å². The molecular weight excluding hydrogens is 428 g/mol. The van der Waals surface area contributed by atoms with Gasteiger partial charge >= 0.3 is 5.97 Å². The fourth-order valence-electron chi connectivity index (χ4n) is 4.18. The summed E-state index contributed by atoms with van der Waals surface area (Å²) in [6, 6.07) is 24.1. The molecule has 5 aromatic rings. The number of aryl methyl sites for hydroxylation is 1. The Labute approximate surface area is 195 Å². The standard InChI is InChI=1S/C27H22N4O3/c1-2-25-28-23-12-11-19(22-13-14-26(32)30-29-22)15-24(23)31(25)16-17-7-9-18(10-8-17)20-5-3-4-6-21(20)27(33)34/h3-15H,2,16H2,1H3,(H,30,32)(H,33,34). The van der Waals surface area contributed by atoms with Crippen molar-refractivity contribution in [2.45, 2.75) is 19.9 Å². The van der Waals surface area contributed by atoms with Crippen molar-refractivity contribution in [1.29, 1.82) is 0 Å². The Kier molecular flexibility index (Phi) is 5.51. The number of rotatable bonds is 6. The molecule has 2 aromatic heterocycles. The second-order valence-electron chi connectivity index (χ2n) is 8.03. The largest absolute Gasteiger partial charge is 0.478 e. The number of aromatic carboxylic acids is 1. The minimum atomic E-state index is -0.940. The fourth-order valence-corrected chi connectivity index (χ4v) is 4.18. The monoisotopic (exact) mass is 450 g/mol. The first-order valence-electron chi connectivity index (χ1n) is 11.0. The zero-order chi connectivity index (χ0) is 23.7. The Morgan fingerprint density at radius 2 is 1.74 bits per heavy atom. The number of hydrogen-bond donors (Lipinski definition) is 2. The number of carboxylic acids is 1. The van der Waals surface area contributed by atoms with Gasteiger partial charge in [0.05, 0.1) is 22.3 Å². The summed E-state index contributed by atoms with van der Waals surface area (Å²) in [6.45, 7) is 2.71. The molecule has 0 saturated heterocycles. The molecule has 2 heterocycles. The third-order valence-electron chi connectivity index (χ3n) is 5.88. The van der Waals surface area contributed by atoms with Crippen molar-refractivity contribution in [1.82, 2.24) is 19.7 Å². The van der Waals surface area contributed by atoms with Crippen LogP contribution in [0.4, 0.5) is 0 Å². The Morgan fingerprint density at radius 3 is 2.44 bits per heavy atom. The van der Waals surface area contributed by atoms with Crippen molar-refractivity contribution < 1.29 is 9.90 Å². The lowest BCUT2D eigenvalue weighted by molar-refractivity contribution is 0.0697. The van der Waals surface area contributed by atoms with Crippen LogP contribution in [0.2, 0.25) is 0 Å². The maximum atomic E-state index is 11.6. The Morgan fingerprint density at radius 1 is 0.971 bits per heavy atom. The van der Waals surface area contributed by atoms with Crippen molar-refractivity contribution in [3.8, 4) is 22.4 Å². The number of imidazole rings is 1. The van der Waals surface area contributed by atoms with Gasteiger partial charge in [-0.05, 0) is 41.0 Å². The first kappa shape index (κ1) is 21.3. The van der Waals surface area contributed by atoms with Gasteiger partial charge in [-0.15, -0.1) is 0 Å². The van der Waals surface area contributed by atoms with E-state index in [1.807, 2.05) is 54.6 Å². The van der Waals surface area contributed by atoms with Gasteiger partial charge in [0.15, 0.2) is 0 Å². The quantitative estimate of drug-likeness (QED) is 0.388. The fraction of sp³-hybridized carbons (Fsp3) is 0.111. The average Bonchev–Trinajstić information content (AvgIpc) is 3.21.